The normalized spacial score (nSPS) is 12.2. The summed E-state index contributed by atoms with van der Waals surface area (Å²) in [6.07, 6.45) is 1.74. The number of aromatic nitrogens is 2. The van der Waals surface area contributed by atoms with Crippen LogP contribution in [0.15, 0.2) is 60.8 Å². The fourth-order valence-corrected chi connectivity index (χ4v) is 2.60. The van der Waals surface area contributed by atoms with Crippen LogP contribution in [-0.4, -0.2) is 8.75 Å². The molecule has 0 amide bonds. The van der Waals surface area contributed by atoms with Crippen LogP contribution in [0.2, 0.25) is 0 Å². The zero-order chi connectivity index (χ0) is 13.8. The second-order valence-electron chi connectivity index (χ2n) is 4.42. The standard InChI is InChI=1S/C15H14N4S/c16-18-15(14-10-17-20-19-14)13-8-6-12(7-9-13)11-4-2-1-3-5-11/h1-10,15,18H,16H2. The van der Waals surface area contributed by atoms with Gasteiger partial charge in [-0.05, 0) is 16.7 Å². The molecule has 1 unspecified atom stereocenters. The Kier molecular flexibility index (Phi) is 3.83. The Morgan fingerprint density at radius 1 is 0.950 bits per heavy atom. The van der Waals surface area contributed by atoms with Gasteiger partial charge in [0.1, 0.15) is 0 Å². The molecule has 0 aliphatic heterocycles. The molecule has 5 heteroatoms. The van der Waals surface area contributed by atoms with Crippen LogP contribution >= 0.6 is 11.7 Å². The van der Waals surface area contributed by atoms with Crippen LogP contribution in [0.5, 0.6) is 0 Å². The molecule has 1 heterocycles. The quantitative estimate of drug-likeness (QED) is 0.570. The van der Waals surface area contributed by atoms with E-state index in [0.717, 1.165) is 11.3 Å². The first-order valence-corrected chi connectivity index (χ1v) is 7.00. The van der Waals surface area contributed by atoms with Crippen LogP contribution in [0.1, 0.15) is 17.3 Å². The molecule has 0 bridgehead atoms. The molecule has 100 valence electrons. The van der Waals surface area contributed by atoms with E-state index in [1.54, 1.807) is 6.20 Å². The lowest BCUT2D eigenvalue weighted by Gasteiger charge is -2.14. The summed E-state index contributed by atoms with van der Waals surface area (Å²) in [4.78, 5) is 0. The summed E-state index contributed by atoms with van der Waals surface area (Å²) >= 11 is 1.18. The molecule has 20 heavy (non-hydrogen) atoms. The highest BCUT2D eigenvalue weighted by molar-refractivity contribution is 6.99. The molecule has 1 aromatic heterocycles. The van der Waals surface area contributed by atoms with Gasteiger partial charge < -0.3 is 0 Å². The lowest BCUT2D eigenvalue weighted by molar-refractivity contribution is 0.625. The van der Waals surface area contributed by atoms with Crippen LogP contribution in [0.3, 0.4) is 0 Å². The third kappa shape index (κ3) is 2.60. The minimum Gasteiger partial charge on any atom is -0.271 e. The first-order chi connectivity index (χ1) is 9.88. The Balaban J connectivity index is 1.89. The van der Waals surface area contributed by atoms with Crippen molar-refractivity contribution in [2.45, 2.75) is 6.04 Å². The Bertz CT molecular complexity index is 650. The maximum atomic E-state index is 5.63. The smallest absolute Gasteiger partial charge is 0.0970 e. The SMILES string of the molecule is NNC(c1ccc(-c2ccccc2)cc1)c1cnsn1. The van der Waals surface area contributed by atoms with Gasteiger partial charge in [0.05, 0.1) is 29.7 Å². The third-order valence-electron chi connectivity index (χ3n) is 3.19. The van der Waals surface area contributed by atoms with E-state index in [2.05, 4.69) is 50.6 Å². The summed E-state index contributed by atoms with van der Waals surface area (Å²) in [5.41, 5.74) is 7.07. The lowest BCUT2D eigenvalue weighted by Crippen LogP contribution is -2.29. The van der Waals surface area contributed by atoms with Crippen molar-refractivity contribution in [3.05, 3.63) is 72.1 Å². The molecule has 3 N–H and O–H groups in total. The fraction of sp³-hybridized carbons (Fsp3) is 0.0667. The highest BCUT2D eigenvalue weighted by Gasteiger charge is 2.14. The van der Waals surface area contributed by atoms with E-state index in [4.69, 9.17) is 5.84 Å². The number of hydrogen-bond donors (Lipinski definition) is 2. The van der Waals surface area contributed by atoms with Gasteiger partial charge in [0.2, 0.25) is 0 Å². The average Bonchev–Trinajstić information content (AvgIpc) is 3.04. The number of benzene rings is 2. The summed E-state index contributed by atoms with van der Waals surface area (Å²) in [7, 11) is 0. The Morgan fingerprint density at radius 3 is 2.25 bits per heavy atom. The lowest BCUT2D eigenvalue weighted by atomic mass is 10.00. The van der Waals surface area contributed by atoms with Crippen LogP contribution in [0.4, 0.5) is 0 Å². The zero-order valence-corrected chi connectivity index (χ0v) is 11.5. The summed E-state index contributed by atoms with van der Waals surface area (Å²) in [6, 6.07) is 18.5. The molecule has 4 nitrogen and oxygen atoms in total. The van der Waals surface area contributed by atoms with Crippen molar-refractivity contribution in [1.29, 1.82) is 0 Å². The second kappa shape index (κ2) is 5.92. The van der Waals surface area contributed by atoms with Gasteiger partial charge in [0.25, 0.3) is 0 Å². The fourth-order valence-electron chi connectivity index (χ4n) is 2.15. The van der Waals surface area contributed by atoms with Crippen LogP contribution in [0, 0.1) is 0 Å². The maximum Gasteiger partial charge on any atom is 0.0970 e. The molecule has 0 radical (unpaired) electrons. The van der Waals surface area contributed by atoms with Crippen LogP contribution in [-0.2, 0) is 0 Å². The number of hydrogen-bond acceptors (Lipinski definition) is 5. The van der Waals surface area contributed by atoms with Crippen molar-refractivity contribution in [3.8, 4) is 11.1 Å². The van der Waals surface area contributed by atoms with Gasteiger partial charge in [0.15, 0.2) is 0 Å². The first-order valence-electron chi connectivity index (χ1n) is 6.27. The maximum absolute atomic E-state index is 5.63. The zero-order valence-electron chi connectivity index (χ0n) is 10.7. The highest BCUT2D eigenvalue weighted by Crippen LogP contribution is 2.24. The Labute approximate surface area is 121 Å². The van der Waals surface area contributed by atoms with Gasteiger partial charge in [0, 0.05) is 0 Å². The van der Waals surface area contributed by atoms with E-state index in [0.29, 0.717) is 0 Å². The molecular formula is C15H14N4S. The summed E-state index contributed by atoms with van der Waals surface area (Å²) in [5, 5.41) is 0. The van der Waals surface area contributed by atoms with E-state index in [1.807, 2.05) is 18.2 Å². The molecule has 0 saturated heterocycles. The van der Waals surface area contributed by atoms with Gasteiger partial charge in [-0.15, -0.1) is 0 Å². The van der Waals surface area contributed by atoms with E-state index in [9.17, 15) is 0 Å². The van der Waals surface area contributed by atoms with E-state index in [1.165, 1.54) is 22.9 Å². The van der Waals surface area contributed by atoms with E-state index in [-0.39, 0.29) is 6.04 Å². The van der Waals surface area contributed by atoms with E-state index < -0.39 is 0 Å². The number of nitrogens with one attached hydrogen (secondary N) is 1. The van der Waals surface area contributed by atoms with Crippen molar-refractivity contribution in [2.24, 2.45) is 5.84 Å². The minimum atomic E-state index is -0.126. The van der Waals surface area contributed by atoms with Gasteiger partial charge >= 0.3 is 0 Å². The van der Waals surface area contributed by atoms with Crippen molar-refractivity contribution in [1.82, 2.24) is 14.2 Å². The Morgan fingerprint density at radius 2 is 1.65 bits per heavy atom. The van der Waals surface area contributed by atoms with Gasteiger partial charge in [-0.2, -0.15) is 8.75 Å². The average molecular weight is 282 g/mol. The largest absolute Gasteiger partial charge is 0.271 e. The molecule has 0 saturated carbocycles. The summed E-state index contributed by atoms with van der Waals surface area (Å²) < 4.78 is 8.25. The highest BCUT2D eigenvalue weighted by atomic mass is 32.1. The molecular weight excluding hydrogens is 268 g/mol. The van der Waals surface area contributed by atoms with Crippen molar-refractivity contribution in [3.63, 3.8) is 0 Å². The molecule has 2 aromatic carbocycles. The minimum absolute atomic E-state index is 0.126. The predicted molar refractivity (Wildman–Crippen MR) is 81.0 cm³/mol. The summed E-state index contributed by atoms with van der Waals surface area (Å²) in [5.74, 6) is 5.63. The first kappa shape index (κ1) is 12.9. The molecule has 1 atom stereocenters. The number of rotatable bonds is 4. The number of nitrogens with zero attached hydrogens (tertiary/aromatic N) is 2. The second-order valence-corrected chi connectivity index (χ2v) is 4.98. The predicted octanol–water partition coefficient (Wildman–Crippen LogP) is 2.76. The monoisotopic (exact) mass is 282 g/mol. The molecule has 0 spiro atoms. The van der Waals surface area contributed by atoms with Crippen LogP contribution in [0.25, 0.3) is 11.1 Å². The molecule has 0 fully saturated rings. The van der Waals surface area contributed by atoms with Crippen molar-refractivity contribution in [2.75, 3.05) is 0 Å². The topological polar surface area (TPSA) is 63.8 Å². The van der Waals surface area contributed by atoms with Gasteiger partial charge in [-0.1, -0.05) is 54.6 Å². The molecule has 3 aromatic rings. The van der Waals surface area contributed by atoms with Gasteiger partial charge in [-0.3, -0.25) is 5.84 Å². The number of nitrogens with two attached hydrogens (primary N) is 1. The summed E-state index contributed by atoms with van der Waals surface area (Å²) in [6.45, 7) is 0. The molecule has 0 aliphatic rings. The van der Waals surface area contributed by atoms with Crippen LogP contribution < -0.4 is 11.3 Å². The third-order valence-corrected chi connectivity index (χ3v) is 3.68. The van der Waals surface area contributed by atoms with Gasteiger partial charge in [-0.25, -0.2) is 5.43 Å². The Hall–Kier alpha value is -2.08. The van der Waals surface area contributed by atoms with Crippen molar-refractivity contribution < 1.29 is 0 Å². The number of hydrazine groups is 1. The molecule has 0 aliphatic carbocycles. The van der Waals surface area contributed by atoms with E-state index >= 15 is 0 Å². The van der Waals surface area contributed by atoms with Crippen molar-refractivity contribution >= 4 is 11.7 Å². The molecule has 3 rings (SSSR count).